The molecule has 2 heterocycles. The summed E-state index contributed by atoms with van der Waals surface area (Å²) >= 11 is 1.34. The number of nitrogens with zero attached hydrogens (tertiary/aromatic N) is 2. The standard InChI is InChI=1S/C18H19N3O4S/c1-9(2)17-20-21-18(26-17)19-16(23)11(4)24-12-5-6-13-10(3)7-15(22)25-14(13)8-12/h5-9,11H,1-4H3,(H,19,21,23)/t11-/m0/s1. The number of anilines is 1. The number of benzene rings is 1. The first-order chi connectivity index (χ1) is 12.3. The van der Waals surface area contributed by atoms with Gasteiger partial charge in [0.25, 0.3) is 5.91 Å². The Bertz CT molecular complexity index is 1010. The Balaban J connectivity index is 1.72. The van der Waals surface area contributed by atoms with Crippen LogP contribution in [0, 0.1) is 6.92 Å². The van der Waals surface area contributed by atoms with Crippen molar-refractivity contribution in [1.29, 1.82) is 0 Å². The number of ether oxygens (including phenoxy) is 1. The monoisotopic (exact) mass is 373 g/mol. The maximum absolute atomic E-state index is 12.3. The van der Waals surface area contributed by atoms with Gasteiger partial charge in [0, 0.05) is 23.4 Å². The van der Waals surface area contributed by atoms with Gasteiger partial charge in [-0.15, -0.1) is 10.2 Å². The minimum atomic E-state index is -0.754. The van der Waals surface area contributed by atoms with Crippen molar-refractivity contribution in [3.05, 3.63) is 45.3 Å². The van der Waals surface area contributed by atoms with Gasteiger partial charge in [-0.2, -0.15) is 0 Å². The molecule has 2 aromatic heterocycles. The number of aromatic nitrogens is 2. The number of rotatable bonds is 5. The van der Waals surface area contributed by atoms with Gasteiger partial charge in [0.1, 0.15) is 16.3 Å². The Hall–Kier alpha value is -2.74. The van der Waals surface area contributed by atoms with Crippen molar-refractivity contribution in [3.63, 3.8) is 0 Å². The second kappa shape index (κ2) is 7.25. The zero-order valence-corrected chi connectivity index (χ0v) is 15.7. The van der Waals surface area contributed by atoms with E-state index in [9.17, 15) is 9.59 Å². The summed E-state index contributed by atoms with van der Waals surface area (Å²) in [5.74, 6) is 0.360. The summed E-state index contributed by atoms with van der Waals surface area (Å²) in [4.78, 5) is 23.8. The van der Waals surface area contributed by atoms with Crippen LogP contribution in [0.4, 0.5) is 5.13 Å². The molecule has 3 aromatic rings. The first kappa shape index (κ1) is 18.1. The van der Waals surface area contributed by atoms with Crippen LogP contribution in [-0.2, 0) is 4.79 Å². The van der Waals surface area contributed by atoms with Crippen LogP contribution in [-0.4, -0.2) is 22.2 Å². The molecule has 0 aliphatic heterocycles. The highest BCUT2D eigenvalue weighted by atomic mass is 32.1. The van der Waals surface area contributed by atoms with Gasteiger partial charge in [-0.05, 0) is 31.5 Å². The number of hydrogen-bond acceptors (Lipinski definition) is 7. The second-order valence-electron chi connectivity index (χ2n) is 6.26. The van der Waals surface area contributed by atoms with Gasteiger partial charge in [-0.3, -0.25) is 10.1 Å². The first-order valence-electron chi connectivity index (χ1n) is 8.19. The molecule has 0 saturated carbocycles. The van der Waals surface area contributed by atoms with E-state index in [2.05, 4.69) is 15.5 Å². The van der Waals surface area contributed by atoms with Crippen LogP contribution >= 0.6 is 11.3 Å². The van der Waals surface area contributed by atoms with E-state index in [4.69, 9.17) is 9.15 Å². The lowest BCUT2D eigenvalue weighted by atomic mass is 10.1. The van der Waals surface area contributed by atoms with E-state index in [0.717, 1.165) is 16.0 Å². The second-order valence-corrected chi connectivity index (χ2v) is 7.26. The normalized spacial score (nSPS) is 12.3. The molecule has 136 valence electrons. The molecule has 0 saturated heterocycles. The summed E-state index contributed by atoms with van der Waals surface area (Å²) in [5, 5.41) is 12.8. The molecule has 3 rings (SSSR count). The van der Waals surface area contributed by atoms with E-state index in [-0.39, 0.29) is 11.8 Å². The van der Waals surface area contributed by atoms with Crippen LogP contribution in [0.15, 0.2) is 33.5 Å². The highest BCUT2D eigenvalue weighted by Gasteiger charge is 2.18. The fourth-order valence-corrected chi connectivity index (χ4v) is 3.11. The number of carbonyl (C=O) groups is 1. The first-order valence-corrected chi connectivity index (χ1v) is 9.00. The third-order valence-electron chi connectivity index (χ3n) is 3.77. The van der Waals surface area contributed by atoms with Gasteiger partial charge >= 0.3 is 5.63 Å². The molecule has 26 heavy (non-hydrogen) atoms. The third kappa shape index (κ3) is 3.91. The summed E-state index contributed by atoms with van der Waals surface area (Å²) in [6, 6.07) is 6.58. The third-order valence-corrected chi connectivity index (χ3v) is 4.91. The molecule has 0 aliphatic rings. The minimum Gasteiger partial charge on any atom is -0.481 e. The van der Waals surface area contributed by atoms with E-state index in [1.807, 2.05) is 20.8 Å². The SMILES string of the molecule is Cc1cc(=O)oc2cc(O[C@@H](C)C(=O)Nc3nnc(C(C)C)s3)ccc12. The van der Waals surface area contributed by atoms with Crippen molar-refractivity contribution in [1.82, 2.24) is 10.2 Å². The zero-order valence-electron chi connectivity index (χ0n) is 14.9. The maximum atomic E-state index is 12.3. The van der Waals surface area contributed by atoms with Gasteiger partial charge in [-0.1, -0.05) is 25.2 Å². The van der Waals surface area contributed by atoms with Crippen molar-refractivity contribution in [2.75, 3.05) is 5.32 Å². The molecule has 0 radical (unpaired) electrons. The van der Waals surface area contributed by atoms with Gasteiger partial charge in [0.05, 0.1) is 0 Å². The molecule has 0 unspecified atom stereocenters. The number of hydrogen-bond donors (Lipinski definition) is 1. The Morgan fingerprint density at radius 3 is 2.69 bits per heavy atom. The lowest BCUT2D eigenvalue weighted by Gasteiger charge is -2.14. The molecular weight excluding hydrogens is 354 g/mol. The number of aryl methyl sites for hydroxylation is 1. The molecule has 1 aromatic carbocycles. The highest BCUT2D eigenvalue weighted by Crippen LogP contribution is 2.24. The Kier molecular flexibility index (Phi) is 5.03. The van der Waals surface area contributed by atoms with Crippen molar-refractivity contribution >= 4 is 33.3 Å². The van der Waals surface area contributed by atoms with Crippen LogP contribution in [0.5, 0.6) is 5.75 Å². The Labute approximate surface area is 154 Å². The van der Waals surface area contributed by atoms with Crippen molar-refractivity contribution in [3.8, 4) is 5.75 Å². The van der Waals surface area contributed by atoms with Gasteiger partial charge in [0.2, 0.25) is 5.13 Å². The predicted octanol–water partition coefficient (Wildman–Crippen LogP) is 3.48. The van der Waals surface area contributed by atoms with E-state index in [0.29, 0.717) is 16.5 Å². The van der Waals surface area contributed by atoms with E-state index in [1.54, 1.807) is 25.1 Å². The van der Waals surface area contributed by atoms with Crippen molar-refractivity contribution in [2.45, 2.75) is 39.7 Å². The molecule has 1 atom stereocenters. The Morgan fingerprint density at radius 1 is 1.23 bits per heavy atom. The molecule has 1 N–H and O–H groups in total. The minimum absolute atomic E-state index is 0.252. The van der Waals surface area contributed by atoms with Crippen molar-refractivity contribution < 1.29 is 13.9 Å². The van der Waals surface area contributed by atoms with E-state index < -0.39 is 11.7 Å². The fourth-order valence-electron chi connectivity index (χ4n) is 2.36. The number of carbonyl (C=O) groups excluding carboxylic acids is 1. The van der Waals surface area contributed by atoms with Crippen LogP contribution in [0.3, 0.4) is 0 Å². The van der Waals surface area contributed by atoms with Crippen LogP contribution in [0.2, 0.25) is 0 Å². The average molecular weight is 373 g/mol. The molecule has 7 nitrogen and oxygen atoms in total. The summed E-state index contributed by atoms with van der Waals surface area (Å²) in [7, 11) is 0. The molecule has 8 heteroatoms. The smallest absolute Gasteiger partial charge is 0.336 e. The molecule has 1 amide bonds. The maximum Gasteiger partial charge on any atom is 0.336 e. The van der Waals surface area contributed by atoms with Crippen LogP contribution < -0.4 is 15.7 Å². The van der Waals surface area contributed by atoms with Crippen molar-refractivity contribution in [2.24, 2.45) is 0 Å². The van der Waals surface area contributed by atoms with Gasteiger partial charge in [0.15, 0.2) is 6.10 Å². The molecule has 0 aliphatic carbocycles. The predicted molar refractivity (Wildman–Crippen MR) is 99.9 cm³/mol. The summed E-state index contributed by atoms with van der Waals surface area (Å²) in [6.45, 7) is 7.50. The number of amides is 1. The van der Waals surface area contributed by atoms with Crippen LogP contribution in [0.1, 0.15) is 37.3 Å². The Morgan fingerprint density at radius 2 is 2.00 bits per heavy atom. The summed E-state index contributed by atoms with van der Waals surface area (Å²) in [5.41, 5.74) is 0.826. The van der Waals surface area contributed by atoms with E-state index in [1.165, 1.54) is 17.4 Å². The highest BCUT2D eigenvalue weighted by molar-refractivity contribution is 7.15. The quantitative estimate of drug-likeness (QED) is 0.688. The average Bonchev–Trinajstić information content (AvgIpc) is 3.03. The van der Waals surface area contributed by atoms with Crippen LogP contribution in [0.25, 0.3) is 11.0 Å². The lowest BCUT2D eigenvalue weighted by Crippen LogP contribution is -2.30. The van der Waals surface area contributed by atoms with Gasteiger partial charge < -0.3 is 9.15 Å². The molecule has 0 spiro atoms. The summed E-state index contributed by atoms with van der Waals surface area (Å²) < 4.78 is 10.9. The number of fused-ring (bicyclic) bond motifs is 1. The topological polar surface area (TPSA) is 94.3 Å². The molecule has 0 bridgehead atoms. The van der Waals surface area contributed by atoms with E-state index >= 15 is 0 Å². The van der Waals surface area contributed by atoms with Gasteiger partial charge in [-0.25, -0.2) is 4.79 Å². The largest absolute Gasteiger partial charge is 0.481 e. The molecular formula is C18H19N3O4S. The fraction of sp³-hybridized carbons (Fsp3) is 0.333. The summed E-state index contributed by atoms with van der Waals surface area (Å²) in [6.07, 6.45) is -0.754. The zero-order chi connectivity index (χ0) is 18.8. The molecule has 0 fully saturated rings. The lowest BCUT2D eigenvalue weighted by molar-refractivity contribution is -0.122. The number of nitrogens with one attached hydrogen (secondary N) is 1.